The molecule has 1 heterocycles. The third-order valence-corrected chi connectivity index (χ3v) is 4.19. The Labute approximate surface area is 124 Å². The van der Waals surface area contributed by atoms with Crippen LogP contribution in [-0.2, 0) is 11.3 Å². The standard InChI is InChI=1S/C15H22N4O2/c16-13(19-21)15(7-3-1-2-4-8-15)14(20)18-11-12-5-9-17-10-6-12/h5-6,9-10,21H,1-4,7-8,11H2,(H2,16,19)(H,18,20). The molecule has 0 aliphatic heterocycles. The molecule has 0 radical (unpaired) electrons. The van der Waals surface area contributed by atoms with Crippen molar-refractivity contribution < 1.29 is 10.0 Å². The summed E-state index contributed by atoms with van der Waals surface area (Å²) in [6.45, 7) is 0.418. The lowest BCUT2D eigenvalue weighted by molar-refractivity contribution is -0.128. The fourth-order valence-corrected chi connectivity index (χ4v) is 2.88. The van der Waals surface area contributed by atoms with Gasteiger partial charge in [0.1, 0.15) is 5.41 Å². The molecule has 1 saturated carbocycles. The van der Waals surface area contributed by atoms with Gasteiger partial charge in [-0.1, -0.05) is 30.8 Å². The summed E-state index contributed by atoms with van der Waals surface area (Å²) in [5, 5.41) is 15.1. The van der Waals surface area contributed by atoms with Gasteiger partial charge in [-0.05, 0) is 30.5 Å². The van der Waals surface area contributed by atoms with Crippen molar-refractivity contribution in [2.24, 2.45) is 16.3 Å². The van der Waals surface area contributed by atoms with Crippen molar-refractivity contribution in [1.29, 1.82) is 0 Å². The Morgan fingerprint density at radius 3 is 2.48 bits per heavy atom. The molecule has 0 atom stereocenters. The van der Waals surface area contributed by atoms with Crippen LogP contribution in [0, 0.1) is 5.41 Å². The van der Waals surface area contributed by atoms with Crippen LogP contribution in [0.1, 0.15) is 44.1 Å². The average Bonchev–Trinajstić information content (AvgIpc) is 2.79. The Bertz CT molecular complexity index is 494. The highest BCUT2D eigenvalue weighted by molar-refractivity contribution is 6.06. The van der Waals surface area contributed by atoms with E-state index in [1.165, 1.54) is 0 Å². The quantitative estimate of drug-likeness (QED) is 0.259. The van der Waals surface area contributed by atoms with Gasteiger partial charge in [-0.25, -0.2) is 0 Å². The first-order valence-electron chi connectivity index (χ1n) is 7.34. The maximum Gasteiger partial charge on any atom is 0.234 e. The predicted molar refractivity (Wildman–Crippen MR) is 79.6 cm³/mol. The number of carbonyl (C=O) groups is 1. The topological polar surface area (TPSA) is 101 Å². The molecule has 1 fully saturated rings. The summed E-state index contributed by atoms with van der Waals surface area (Å²) < 4.78 is 0. The number of nitrogens with two attached hydrogens (primary N) is 1. The van der Waals surface area contributed by atoms with Crippen molar-refractivity contribution in [3.8, 4) is 0 Å². The van der Waals surface area contributed by atoms with Crippen LogP contribution >= 0.6 is 0 Å². The minimum absolute atomic E-state index is 0.0247. The van der Waals surface area contributed by atoms with Crippen LogP contribution in [0.5, 0.6) is 0 Å². The van der Waals surface area contributed by atoms with Crippen molar-refractivity contribution in [2.75, 3.05) is 0 Å². The summed E-state index contributed by atoms with van der Waals surface area (Å²) in [6, 6.07) is 3.70. The second kappa shape index (κ2) is 7.06. The van der Waals surface area contributed by atoms with E-state index in [1.54, 1.807) is 12.4 Å². The number of amidine groups is 1. The first-order chi connectivity index (χ1) is 10.2. The highest BCUT2D eigenvalue weighted by Gasteiger charge is 2.42. The molecule has 0 saturated heterocycles. The Morgan fingerprint density at radius 1 is 1.29 bits per heavy atom. The van der Waals surface area contributed by atoms with Crippen LogP contribution in [0.15, 0.2) is 29.7 Å². The van der Waals surface area contributed by atoms with Gasteiger partial charge in [0, 0.05) is 18.9 Å². The SMILES string of the molecule is NC(=NO)C1(C(=O)NCc2ccncc2)CCCCCC1. The van der Waals surface area contributed by atoms with Crippen molar-refractivity contribution in [3.05, 3.63) is 30.1 Å². The van der Waals surface area contributed by atoms with Gasteiger partial charge in [0.05, 0.1) is 0 Å². The van der Waals surface area contributed by atoms with Gasteiger partial charge < -0.3 is 16.3 Å². The maximum atomic E-state index is 12.6. The van der Waals surface area contributed by atoms with E-state index in [0.29, 0.717) is 19.4 Å². The number of pyridine rings is 1. The molecule has 0 bridgehead atoms. The predicted octanol–water partition coefficient (Wildman–Crippen LogP) is 1.78. The number of amides is 1. The lowest BCUT2D eigenvalue weighted by Gasteiger charge is -2.29. The number of hydrogen-bond acceptors (Lipinski definition) is 4. The summed E-state index contributed by atoms with van der Waals surface area (Å²) in [4.78, 5) is 16.6. The van der Waals surface area contributed by atoms with E-state index in [-0.39, 0.29) is 11.7 Å². The van der Waals surface area contributed by atoms with Crippen LogP contribution in [0.4, 0.5) is 0 Å². The normalized spacial score (nSPS) is 18.8. The molecule has 1 aromatic rings. The van der Waals surface area contributed by atoms with Gasteiger partial charge in [0.2, 0.25) is 5.91 Å². The molecule has 21 heavy (non-hydrogen) atoms. The molecule has 1 aliphatic rings. The van der Waals surface area contributed by atoms with E-state index in [2.05, 4.69) is 15.5 Å². The summed E-state index contributed by atoms with van der Waals surface area (Å²) >= 11 is 0. The smallest absolute Gasteiger partial charge is 0.234 e. The fourth-order valence-electron chi connectivity index (χ4n) is 2.88. The van der Waals surface area contributed by atoms with E-state index >= 15 is 0 Å². The number of hydrogen-bond donors (Lipinski definition) is 3. The van der Waals surface area contributed by atoms with Crippen LogP contribution in [-0.4, -0.2) is 21.9 Å². The van der Waals surface area contributed by atoms with Crippen LogP contribution in [0.25, 0.3) is 0 Å². The molecule has 4 N–H and O–H groups in total. The van der Waals surface area contributed by atoms with Crippen molar-refractivity contribution in [3.63, 3.8) is 0 Å². The lowest BCUT2D eigenvalue weighted by atomic mass is 9.78. The third-order valence-electron chi connectivity index (χ3n) is 4.19. The van der Waals surface area contributed by atoms with Gasteiger partial charge in [-0.2, -0.15) is 0 Å². The number of aromatic nitrogens is 1. The second-order valence-electron chi connectivity index (χ2n) is 5.52. The molecule has 6 heteroatoms. The van der Waals surface area contributed by atoms with Gasteiger partial charge in [0.25, 0.3) is 0 Å². The summed E-state index contributed by atoms with van der Waals surface area (Å²) in [5.41, 5.74) is 5.95. The van der Waals surface area contributed by atoms with E-state index < -0.39 is 5.41 Å². The molecule has 0 unspecified atom stereocenters. The van der Waals surface area contributed by atoms with Crippen LogP contribution in [0.2, 0.25) is 0 Å². The molecular weight excluding hydrogens is 268 g/mol. The zero-order valence-corrected chi connectivity index (χ0v) is 12.1. The molecule has 1 aromatic heterocycles. The lowest BCUT2D eigenvalue weighted by Crippen LogP contribution is -2.49. The molecule has 2 rings (SSSR count). The van der Waals surface area contributed by atoms with E-state index in [9.17, 15) is 4.79 Å². The monoisotopic (exact) mass is 290 g/mol. The molecule has 1 amide bonds. The molecule has 114 valence electrons. The second-order valence-corrected chi connectivity index (χ2v) is 5.52. The number of carbonyl (C=O) groups excluding carboxylic acids is 1. The first-order valence-corrected chi connectivity index (χ1v) is 7.34. The number of oxime groups is 1. The Balaban J connectivity index is 2.11. The van der Waals surface area contributed by atoms with Gasteiger partial charge in [-0.15, -0.1) is 0 Å². The van der Waals surface area contributed by atoms with Crippen molar-refractivity contribution in [1.82, 2.24) is 10.3 Å². The van der Waals surface area contributed by atoms with Crippen LogP contribution in [0.3, 0.4) is 0 Å². The highest BCUT2D eigenvalue weighted by atomic mass is 16.4. The molecule has 0 aromatic carbocycles. The number of nitrogens with one attached hydrogen (secondary N) is 1. The first kappa shape index (κ1) is 15.3. The molecule has 6 nitrogen and oxygen atoms in total. The number of rotatable bonds is 4. The van der Waals surface area contributed by atoms with Crippen LogP contribution < -0.4 is 11.1 Å². The van der Waals surface area contributed by atoms with Crippen molar-refractivity contribution >= 4 is 11.7 Å². The maximum absolute atomic E-state index is 12.6. The minimum Gasteiger partial charge on any atom is -0.409 e. The summed E-state index contributed by atoms with van der Waals surface area (Å²) in [7, 11) is 0. The zero-order chi connectivity index (χ0) is 15.1. The van der Waals surface area contributed by atoms with Gasteiger partial charge in [-0.3, -0.25) is 9.78 Å². The van der Waals surface area contributed by atoms with Crippen molar-refractivity contribution in [2.45, 2.75) is 45.1 Å². The minimum atomic E-state index is -0.877. The molecule has 0 spiro atoms. The van der Waals surface area contributed by atoms with Gasteiger partial charge >= 0.3 is 0 Å². The van der Waals surface area contributed by atoms with E-state index in [1.807, 2.05) is 12.1 Å². The Hall–Kier alpha value is -2.11. The van der Waals surface area contributed by atoms with E-state index in [4.69, 9.17) is 10.9 Å². The van der Waals surface area contributed by atoms with Gasteiger partial charge in [0.15, 0.2) is 5.84 Å². The largest absolute Gasteiger partial charge is 0.409 e. The number of nitrogens with zero attached hydrogens (tertiary/aromatic N) is 2. The van der Waals surface area contributed by atoms with E-state index in [0.717, 1.165) is 31.2 Å². The fraction of sp³-hybridized carbons (Fsp3) is 0.533. The Kier molecular flexibility index (Phi) is 5.14. The summed E-state index contributed by atoms with van der Waals surface area (Å²) in [6.07, 6.45) is 8.63. The zero-order valence-electron chi connectivity index (χ0n) is 12.1. The highest BCUT2D eigenvalue weighted by Crippen LogP contribution is 2.35. The summed E-state index contributed by atoms with van der Waals surface area (Å²) in [5.74, 6) is -0.131. The average molecular weight is 290 g/mol. The molecular formula is C15H22N4O2. The molecule has 1 aliphatic carbocycles. The third kappa shape index (κ3) is 3.51. The Morgan fingerprint density at radius 2 is 1.90 bits per heavy atom.